The van der Waals surface area contributed by atoms with Crippen molar-refractivity contribution in [1.29, 1.82) is 0 Å². The van der Waals surface area contributed by atoms with E-state index in [1.807, 2.05) is 0 Å². The normalized spacial score (nSPS) is 10.1. The Morgan fingerprint density at radius 2 is 1.95 bits per heavy atom. The van der Waals surface area contributed by atoms with Gasteiger partial charge in [-0.25, -0.2) is 14.2 Å². The summed E-state index contributed by atoms with van der Waals surface area (Å²) in [6, 6.07) is 8.60. The van der Waals surface area contributed by atoms with Gasteiger partial charge in [0.1, 0.15) is 11.5 Å². The van der Waals surface area contributed by atoms with E-state index in [2.05, 4.69) is 10.3 Å². The van der Waals surface area contributed by atoms with Crippen molar-refractivity contribution in [1.82, 2.24) is 4.98 Å². The molecule has 2 rings (SSSR count). The van der Waals surface area contributed by atoms with Crippen LogP contribution >= 0.6 is 11.8 Å². The third-order valence-corrected chi connectivity index (χ3v) is 3.46. The fraction of sp³-hybridized carbons (Fsp3) is 0.0714. The predicted molar refractivity (Wildman–Crippen MR) is 77.0 cm³/mol. The molecule has 2 aromatic rings. The smallest absolute Gasteiger partial charge is 0.354 e. The summed E-state index contributed by atoms with van der Waals surface area (Å²) in [6.45, 7) is 0. The fourth-order valence-electron chi connectivity index (χ4n) is 1.50. The Hall–Kier alpha value is -2.41. The molecule has 0 unspecified atom stereocenters. The zero-order chi connectivity index (χ0) is 15.2. The number of aromatic nitrogens is 1. The summed E-state index contributed by atoms with van der Waals surface area (Å²) in [4.78, 5) is 27.0. The van der Waals surface area contributed by atoms with Gasteiger partial charge in [0.2, 0.25) is 5.91 Å². The van der Waals surface area contributed by atoms with Crippen LogP contribution < -0.4 is 5.32 Å². The van der Waals surface area contributed by atoms with Crippen LogP contribution in [-0.4, -0.2) is 27.7 Å². The quantitative estimate of drug-likeness (QED) is 0.830. The molecule has 1 aromatic carbocycles. The number of nitrogens with zero attached hydrogens (tertiary/aromatic N) is 1. The van der Waals surface area contributed by atoms with Crippen molar-refractivity contribution in [2.24, 2.45) is 0 Å². The van der Waals surface area contributed by atoms with Gasteiger partial charge in [-0.15, -0.1) is 11.8 Å². The highest BCUT2D eigenvalue weighted by Gasteiger charge is 2.08. The largest absolute Gasteiger partial charge is 0.477 e. The van der Waals surface area contributed by atoms with Crippen LogP contribution in [0.2, 0.25) is 0 Å². The van der Waals surface area contributed by atoms with Crippen LogP contribution in [0.5, 0.6) is 0 Å². The molecule has 108 valence electrons. The van der Waals surface area contributed by atoms with E-state index in [4.69, 9.17) is 5.11 Å². The van der Waals surface area contributed by atoms with Gasteiger partial charge in [0.05, 0.1) is 5.75 Å². The Morgan fingerprint density at radius 3 is 2.62 bits per heavy atom. The van der Waals surface area contributed by atoms with E-state index in [0.717, 1.165) is 4.90 Å². The number of anilines is 1. The van der Waals surface area contributed by atoms with E-state index in [1.165, 1.54) is 42.2 Å². The van der Waals surface area contributed by atoms with Gasteiger partial charge in [-0.1, -0.05) is 0 Å². The first-order valence-electron chi connectivity index (χ1n) is 5.92. The van der Waals surface area contributed by atoms with Crippen molar-refractivity contribution >= 4 is 29.3 Å². The van der Waals surface area contributed by atoms with E-state index in [0.29, 0.717) is 5.69 Å². The van der Waals surface area contributed by atoms with Gasteiger partial charge in [-0.3, -0.25) is 4.79 Å². The molecule has 1 aromatic heterocycles. The third kappa shape index (κ3) is 4.57. The number of aromatic carboxylic acids is 1. The number of thioether (sulfide) groups is 1. The van der Waals surface area contributed by atoms with E-state index >= 15 is 0 Å². The van der Waals surface area contributed by atoms with Gasteiger partial charge in [0.25, 0.3) is 0 Å². The monoisotopic (exact) mass is 306 g/mol. The van der Waals surface area contributed by atoms with Crippen LogP contribution in [0.25, 0.3) is 0 Å². The molecule has 0 atom stereocenters. The van der Waals surface area contributed by atoms with Crippen LogP contribution in [-0.2, 0) is 4.79 Å². The minimum absolute atomic E-state index is 0.135. The predicted octanol–water partition coefficient (Wildman–Crippen LogP) is 2.65. The Balaban J connectivity index is 1.91. The fourth-order valence-corrected chi connectivity index (χ4v) is 2.20. The molecule has 2 N–H and O–H groups in total. The number of carbonyl (C=O) groups excluding carboxylic acids is 1. The van der Waals surface area contributed by atoms with Crippen LogP contribution in [0.15, 0.2) is 47.5 Å². The van der Waals surface area contributed by atoms with Gasteiger partial charge in [0.15, 0.2) is 0 Å². The van der Waals surface area contributed by atoms with Gasteiger partial charge >= 0.3 is 5.97 Å². The zero-order valence-corrected chi connectivity index (χ0v) is 11.6. The molecule has 1 amide bonds. The molecule has 0 aliphatic heterocycles. The van der Waals surface area contributed by atoms with Gasteiger partial charge in [-0.2, -0.15) is 0 Å². The van der Waals surface area contributed by atoms with Crippen LogP contribution in [0.1, 0.15) is 10.5 Å². The first kappa shape index (κ1) is 15.0. The van der Waals surface area contributed by atoms with E-state index < -0.39 is 5.97 Å². The first-order chi connectivity index (χ1) is 10.0. The van der Waals surface area contributed by atoms with Gasteiger partial charge in [-0.05, 0) is 36.4 Å². The third-order valence-electron chi connectivity index (χ3n) is 2.45. The van der Waals surface area contributed by atoms with Gasteiger partial charge in [0, 0.05) is 16.8 Å². The number of carbonyl (C=O) groups is 2. The molecule has 0 bridgehead atoms. The summed E-state index contributed by atoms with van der Waals surface area (Å²) in [5, 5.41) is 11.4. The topological polar surface area (TPSA) is 79.3 Å². The zero-order valence-electron chi connectivity index (χ0n) is 10.7. The average molecular weight is 306 g/mol. The molecule has 0 saturated heterocycles. The lowest BCUT2D eigenvalue weighted by molar-refractivity contribution is -0.113. The molecule has 1 heterocycles. The standard InChI is InChI=1S/C14H11FN2O3S/c15-9-1-3-11(4-2-9)21-8-13(18)17-10-5-6-16-12(7-10)14(19)20/h1-7H,8H2,(H,19,20)(H,16,17,18). The molecule has 21 heavy (non-hydrogen) atoms. The van der Waals surface area contributed by atoms with Crippen LogP contribution in [0, 0.1) is 5.82 Å². The SMILES string of the molecule is O=C(CSc1ccc(F)cc1)Nc1ccnc(C(=O)O)c1. The maximum atomic E-state index is 12.7. The number of nitrogens with one attached hydrogen (secondary N) is 1. The molecule has 5 nitrogen and oxygen atoms in total. The lowest BCUT2D eigenvalue weighted by atomic mass is 10.3. The number of pyridine rings is 1. The van der Waals surface area contributed by atoms with E-state index in [9.17, 15) is 14.0 Å². The van der Waals surface area contributed by atoms with E-state index in [1.54, 1.807) is 12.1 Å². The average Bonchev–Trinajstić information content (AvgIpc) is 2.47. The van der Waals surface area contributed by atoms with Crippen molar-refractivity contribution in [3.63, 3.8) is 0 Å². The number of carboxylic acids is 1. The number of amides is 1. The second-order valence-electron chi connectivity index (χ2n) is 4.03. The maximum absolute atomic E-state index is 12.7. The van der Waals surface area contributed by atoms with E-state index in [-0.39, 0.29) is 23.2 Å². The van der Waals surface area contributed by atoms with Crippen molar-refractivity contribution in [3.05, 3.63) is 54.1 Å². The summed E-state index contributed by atoms with van der Waals surface area (Å²) in [5.74, 6) is -1.64. The van der Waals surface area contributed by atoms with Gasteiger partial charge < -0.3 is 10.4 Å². The molecule has 0 spiro atoms. The van der Waals surface area contributed by atoms with Crippen molar-refractivity contribution in [2.75, 3.05) is 11.1 Å². The highest BCUT2D eigenvalue weighted by molar-refractivity contribution is 8.00. The van der Waals surface area contributed by atoms with Crippen molar-refractivity contribution < 1.29 is 19.1 Å². The molecule has 0 radical (unpaired) electrons. The first-order valence-corrected chi connectivity index (χ1v) is 6.91. The molecule has 0 fully saturated rings. The molecular formula is C14H11FN2O3S. The number of hydrogen-bond donors (Lipinski definition) is 2. The molecule has 0 aliphatic carbocycles. The highest BCUT2D eigenvalue weighted by Crippen LogP contribution is 2.18. The Labute approximate surface area is 124 Å². The second kappa shape index (κ2) is 6.85. The summed E-state index contributed by atoms with van der Waals surface area (Å²) in [6.07, 6.45) is 1.31. The lowest BCUT2D eigenvalue weighted by Crippen LogP contribution is -2.14. The minimum Gasteiger partial charge on any atom is -0.477 e. The number of rotatable bonds is 5. The Morgan fingerprint density at radius 1 is 1.24 bits per heavy atom. The summed E-state index contributed by atoms with van der Waals surface area (Å²) < 4.78 is 12.7. The summed E-state index contributed by atoms with van der Waals surface area (Å²) in [7, 11) is 0. The molecule has 7 heteroatoms. The summed E-state index contributed by atoms with van der Waals surface area (Å²) >= 11 is 1.26. The highest BCUT2D eigenvalue weighted by atomic mass is 32.2. The number of halogens is 1. The molecule has 0 saturated carbocycles. The lowest BCUT2D eigenvalue weighted by Gasteiger charge is -2.05. The minimum atomic E-state index is -1.16. The van der Waals surface area contributed by atoms with Crippen molar-refractivity contribution in [2.45, 2.75) is 4.90 Å². The number of hydrogen-bond acceptors (Lipinski definition) is 4. The molecular weight excluding hydrogens is 295 g/mol. The number of benzene rings is 1. The Bertz CT molecular complexity index is 662. The Kier molecular flexibility index (Phi) is 4.89. The second-order valence-corrected chi connectivity index (χ2v) is 5.07. The summed E-state index contributed by atoms with van der Waals surface area (Å²) in [5.41, 5.74) is 0.228. The van der Waals surface area contributed by atoms with Crippen LogP contribution in [0.3, 0.4) is 0 Å². The molecule has 0 aliphatic rings. The number of carboxylic acid groups (broad SMARTS) is 1. The maximum Gasteiger partial charge on any atom is 0.354 e. The van der Waals surface area contributed by atoms with Crippen LogP contribution in [0.4, 0.5) is 10.1 Å². The van der Waals surface area contributed by atoms with Crippen molar-refractivity contribution in [3.8, 4) is 0 Å².